The molecule has 0 saturated carbocycles. The lowest BCUT2D eigenvalue weighted by atomic mass is 10.1. The Labute approximate surface area is 74.2 Å². The van der Waals surface area contributed by atoms with E-state index in [9.17, 15) is 0 Å². The number of nitrogens with zero attached hydrogens (tertiary/aromatic N) is 1. The fraction of sp³-hybridized carbons (Fsp3) is 0.400. The first-order chi connectivity index (χ1) is 5.41. The monoisotopic (exact) mass is 165 g/mol. The van der Waals surface area contributed by atoms with E-state index < -0.39 is 0 Å². The van der Waals surface area contributed by atoms with Crippen molar-refractivity contribution in [3.05, 3.63) is 23.8 Å². The maximum atomic E-state index is 5.81. The van der Waals surface area contributed by atoms with E-state index in [0.29, 0.717) is 0 Å². The van der Waals surface area contributed by atoms with Gasteiger partial charge in [-0.1, -0.05) is 6.07 Å². The minimum Gasteiger partial charge on any atom is -0.398 e. The molecule has 2 N–H and O–H groups in total. The molecule has 0 aliphatic heterocycles. The predicted molar refractivity (Wildman–Crippen MR) is 55.2 cm³/mol. The highest BCUT2D eigenvalue weighted by atomic mass is 15.3. The molecule has 1 aromatic carbocycles. The summed E-state index contributed by atoms with van der Waals surface area (Å²) in [5.41, 5.74) is 9.06. The van der Waals surface area contributed by atoms with Crippen molar-refractivity contribution < 1.29 is 0 Å². The SMILES string of the molecule is Cc1ccc([N+](C)(C)C)cc1N. The van der Waals surface area contributed by atoms with Crippen molar-refractivity contribution in [1.29, 1.82) is 0 Å². The van der Waals surface area contributed by atoms with Gasteiger partial charge in [0, 0.05) is 11.8 Å². The van der Waals surface area contributed by atoms with Gasteiger partial charge in [-0.3, -0.25) is 4.48 Å². The zero-order valence-corrected chi connectivity index (χ0v) is 8.26. The number of anilines is 1. The fourth-order valence-corrected chi connectivity index (χ4v) is 1.05. The van der Waals surface area contributed by atoms with Gasteiger partial charge < -0.3 is 5.73 Å². The second-order valence-corrected chi connectivity index (χ2v) is 4.05. The first-order valence-corrected chi connectivity index (χ1v) is 4.09. The number of hydrogen-bond donors (Lipinski definition) is 1. The average molecular weight is 165 g/mol. The molecule has 2 heteroatoms. The second kappa shape index (κ2) is 2.79. The Morgan fingerprint density at radius 2 is 1.75 bits per heavy atom. The van der Waals surface area contributed by atoms with Crippen molar-refractivity contribution in [2.24, 2.45) is 0 Å². The van der Waals surface area contributed by atoms with Crippen molar-refractivity contribution in [3.8, 4) is 0 Å². The summed E-state index contributed by atoms with van der Waals surface area (Å²) in [5, 5.41) is 0. The van der Waals surface area contributed by atoms with Crippen molar-refractivity contribution in [3.63, 3.8) is 0 Å². The van der Waals surface area contributed by atoms with E-state index in [1.807, 2.05) is 13.0 Å². The van der Waals surface area contributed by atoms with Crippen molar-refractivity contribution >= 4 is 11.4 Å². The highest BCUT2D eigenvalue weighted by Crippen LogP contribution is 2.22. The van der Waals surface area contributed by atoms with Gasteiger partial charge >= 0.3 is 0 Å². The van der Waals surface area contributed by atoms with Crippen LogP contribution in [-0.2, 0) is 0 Å². The Kier molecular flexibility index (Phi) is 2.11. The molecule has 0 heterocycles. The van der Waals surface area contributed by atoms with Crippen LogP contribution < -0.4 is 10.2 Å². The first-order valence-electron chi connectivity index (χ1n) is 4.09. The second-order valence-electron chi connectivity index (χ2n) is 4.05. The van der Waals surface area contributed by atoms with Crippen LogP contribution in [0.25, 0.3) is 0 Å². The highest BCUT2D eigenvalue weighted by molar-refractivity contribution is 5.57. The summed E-state index contributed by atoms with van der Waals surface area (Å²) in [4.78, 5) is 0. The van der Waals surface area contributed by atoms with Crippen LogP contribution in [-0.4, -0.2) is 21.1 Å². The molecule has 0 fully saturated rings. The molecule has 12 heavy (non-hydrogen) atoms. The van der Waals surface area contributed by atoms with E-state index in [4.69, 9.17) is 5.73 Å². The summed E-state index contributed by atoms with van der Waals surface area (Å²) in [6, 6.07) is 6.22. The van der Waals surface area contributed by atoms with Crippen LogP contribution in [0.2, 0.25) is 0 Å². The summed E-state index contributed by atoms with van der Waals surface area (Å²) in [7, 11) is 6.39. The van der Waals surface area contributed by atoms with E-state index in [0.717, 1.165) is 15.7 Å². The number of nitrogens with two attached hydrogens (primary N) is 1. The van der Waals surface area contributed by atoms with Gasteiger partial charge in [0.05, 0.1) is 21.1 Å². The summed E-state index contributed by atoms with van der Waals surface area (Å²) in [6.45, 7) is 2.02. The summed E-state index contributed by atoms with van der Waals surface area (Å²) >= 11 is 0. The fourth-order valence-electron chi connectivity index (χ4n) is 1.05. The van der Waals surface area contributed by atoms with Gasteiger partial charge in [0.15, 0.2) is 0 Å². The van der Waals surface area contributed by atoms with Crippen LogP contribution in [0.1, 0.15) is 5.56 Å². The number of nitrogen functional groups attached to an aromatic ring is 1. The van der Waals surface area contributed by atoms with Crippen LogP contribution in [0.4, 0.5) is 11.4 Å². The molecule has 0 atom stereocenters. The molecule has 0 aliphatic rings. The number of aryl methyl sites for hydroxylation is 1. The van der Waals surface area contributed by atoms with E-state index in [2.05, 4.69) is 33.3 Å². The van der Waals surface area contributed by atoms with Gasteiger partial charge in [-0.15, -0.1) is 0 Å². The van der Waals surface area contributed by atoms with Crippen LogP contribution in [0.3, 0.4) is 0 Å². The first kappa shape index (κ1) is 9.07. The van der Waals surface area contributed by atoms with E-state index in [-0.39, 0.29) is 0 Å². The highest BCUT2D eigenvalue weighted by Gasteiger charge is 2.11. The quantitative estimate of drug-likeness (QED) is 0.498. The summed E-state index contributed by atoms with van der Waals surface area (Å²) in [6.07, 6.45) is 0. The summed E-state index contributed by atoms with van der Waals surface area (Å²) < 4.78 is 0.810. The number of benzene rings is 1. The van der Waals surface area contributed by atoms with Crippen molar-refractivity contribution in [2.75, 3.05) is 26.9 Å². The Hall–Kier alpha value is -1.02. The van der Waals surface area contributed by atoms with Crippen molar-refractivity contribution in [1.82, 2.24) is 4.48 Å². The number of quaternary nitrogens is 1. The topological polar surface area (TPSA) is 26.0 Å². The molecule has 0 saturated heterocycles. The maximum Gasteiger partial charge on any atom is 0.134 e. The van der Waals surface area contributed by atoms with Gasteiger partial charge in [-0.05, 0) is 18.6 Å². The number of rotatable bonds is 1. The minimum atomic E-state index is 0.810. The minimum absolute atomic E-state index is 0.810. The van der Waals surface area contributed by atoms with E-state index in [1.54, 1.807) is 0 Å². The van der Waals surface area contributed by atoms with E-state index >= 15 is 0 Å². The van der Waals surface area contributed by atoms with Crippen LogP contribution in [0, 0.1) is 6.92 Å². The third kappa shape index (κ3) is 1.77. The predicted octanol–water partition coefficient (Wildman–Crippen LogP) is 1.77. The van der Waals surface area contributed by atoms with Crippen LogP contribution in [0.15, 0.2) is 18.2 Å². The molecule has 0 aliphatic carbocycles. The average Bonchev–Trinajstić information content (AvgIpc) is 1.92. The van der Waals surface area contributed by atoms with Gasteiger partial charge in [0.2, 0.25) is 0 Å². The lowest BCUT2D eigenvalue weighted by Gasteiger charge is -2.23. The Morgan fingerprint density at radius 3 is 2.17 bits per heavy atom. The molecule has 2 nitrogen and oxygen atoms in total. The Bertz CT molecular complexity index is 284. The normalized spacial score (nSPS) is 11.7. The summed E-state index contributed by atoms with van der Waals surface area (Å²) in [5.74, 6) is 0. The maximum absolute atomic E-state index is 5.81. The van der Waals surface area contributed by atoms with Gasteiger partial charge in [-0.25, -0.2) is 0 Å². The lowest BCUT2D eigenvalue weighted by molar-refractivity contribution is 0.486. The molecule has 0 spiro atoms. The molecule has 66 valence electrons. The van der Waals surface area contributed by atoms with Gasteiger partial charge in [-0.2, -0.15) is 0 Å². The zero-order valence-electron chi connectivity index (χ0n) is 8.26. The van der Waals surface area contributed by atoms with Crippen LogP contribution in [0.5, 0.6) is 0 Å². The molecule has 0 unspecified atom stereocenters. The smallest absolute Gasteiger partial charge is 0.134 e. The molecule has 0 amide bonds. The van der Waals surface area contributed by atoms with Gasteiger partial charge in [0.25, 0.3) is 0 Å². The van der Waals surface area contributed by atoms with Gasteiger partial charge in [0.1, 0.15) is 5.69 Å². The molecule has 0 radical (unpaired) electrons. The molecular weight excluding hydrogens is 148 g/mol. The zero-order chi connectivity index (χ0) is 9.35. The third-order valence-electron chi connectivity index (χ3n) is 2.04. The molecular formula is C10H17N2+. The molecule has 1 aromatic rings. The largest absolute Gasteiger partial charge is 0.398 e. The lowest BCUT2D eigenvalue weighted by Crippen LogP contribution is -2.34. The standard InChI is InChI=1S/C10H17N2/c1-8-5-6-9(7-10(8)11)12(2,3)4/h5-7H,11H2,1-4H3/q+1. The molecule has 0 bridgehead atoms. The van der Waals surface area contributed by atoms with Crippen LogP contribution >= 0.6 is 0 Å². The molecule has 1 rings (SSSR count). The Balaban J connectivity index is 3.14. The third-order valence-corrected chi connectivity index (χ3v) is 2.04. The Morgan fingerprint density at radius 1 is 1.17 bits per heavy atom. The van der Waals surface area contributed by atoms with E-state index in [1.165, 1.54) is 5.69 Å². The number of hydrogen-bond acceptors (Lipinski definition) is 1. The van der Waals surface area contributed by atoms with Crippen molar-refractivity contribution in [2.45, 2.75) is 6.92 Å². The molecule has 0 aromatic heterocycles.